The Bertz CT molecular complexity index is 1270. The number of aliphatic hydroxyl groups excluding tert-OH is 1. The monoisotopic (exact) mass is 526 g/mol. The molecule has 0 aliphatic carbocycles. The molecular weight excluding hydrogens is 492 g/mol. The molecule has 5 rings (SSSR count). The highest BCUT2D eigenvalue weighted by atomic mass is 16.7. The summed E-state index contributed by atoms with van der Waals surface area (Å²) in [6.45, 7) is 0.111. The maximum absolute atomic E-state index is 13.9. The molecule has 4 aromatic rings. The van der Waals surface area contributed by atoms with Crippen molar-refractivity contribution in [1.29, 1.82) is 0 Å². The first-order valence-electron chi connectivity index (χ1n) is 13.0. The van der Waals surface area contributed by atoms with E-state index in [1.165, 1.54) is 19.1 Å². The van der Waals surface area contributed by atoms with Gasteiger partial charge in [0, 0.05) is 33.9 Å². The molecule has 1 N–H and O–H groups in total. The average molecular weight is 527 g/mol. The van der Waals surface area contributed by atoms with Crippen LogP contribution < -0.4 is 0 Å². The predicted octanol–water partition coefficient (Wildman–Crippen LogP) is 4.56. The summed E-state index contributed by atoms with van der Waals surface area (Å²) in [5.41, 5.74) is 2.33. The van der Waals surface area contributed by atoms with Gasteiger partial charge in [0.15, 0.2) is 0 Å². The maximum atomic E-state index is 13.9. The van der Waals surface area contributed by atoms with Crippen LogP contribution in [0.2, 0.25) is 0 Å². The molecule has 0 radical (unpaired) electrons. The van der Waals surface area contributed by atoms with Crippen LogP contribution in [0.3, 0.4) is 0 Å². The largest absolute Gasteiger partial charge is 0.385 e. The Labute approximate surface area is 229 Å². The molecule has 0 spiro atoms. The number of benzene rings is 3. The quantitative estimate of drug-likeness (QED) is 0.256. The number of hydrogen-bond donors (Lipinski definition) is 1. The predicted molar refractivity (Wildman–Crippen MR) is 148 cm³/mol. The molecule has 1 saturated heterocycles. The summed E-state index contributed by atoms with van der Waals surface area (Å²) < 4.78 is 20.2. The van der Waals surface area contributed by atoms with Gasteiger partial charge in [-0.3, -0.25) is 9.69 Å². The fourth-order valence-corrected chi connectivity index (χ4v) is 5.73. The minimum Gasteiger partial charge on any atom is -0.385 e. The third-order valence-corrected chi connectivity index (χ3v) is 7.62. The Hall–Kier alpha value is -3.75. The number of likely N-dealkylation sites (tertiary alicyclic amines) is 1. The number of hydrogen-bond acceptors (Lipinski definition) is 5. The van der Waals surface area contributed by atoms with E-state index in [0.717, 1.165) is 16.7 Å². The molecular formula is C32H34N2O5. The van der Waals surface area contributed by atoms with E-state index in [-0.39, 0.29) is 18.9 Å². The third kappa shape index (κ3) is 4.57. The number of methoxy groups -OCH3 is 2. The molecule has 2 unspecified atom stereocenters. The van der Waals surface area contributed by atoms with Crippen molar-refractivity contribution in [3.8, 4) is 0 Å². The van der Waals surface area contributed by atoms with Gasteiger partial charge in [-0.2, -0.15) is 0 Å². The van der Waals surface area contributed by atoms with Crippen molar-refractivity contribution in [3.05, 3.63) is 132 Å². The number of carbonyl (C=O) groups excluding carboxylic acids is 1. The molecule has 0 saturated carbocycles. The van der Waals surface area contributed by atoms with Gasteiger partial charge in [-0.1, -0.05) is 91.0 Å². The molecule has 39 heavy (non-hydrogen) atoms. The zero-order valence-corrected chi connectivity index (χ0v) is 22.4. The molecule has 1 aliphatic rings. The second kappa shape index (κ2) is 11.2. The zero-order chi connectivity index (χ0) is 27.5. The first-order valence-corrected chi connectivity index (χ1v) is 13.0. The molecule has 1 fully saturated rings. The highest BCUT2D eigenvalue weighted by Crippen LogP contribution is 2.43. The van der Waals surface area contributed by atoms with Crippen molar-refractivity contribution in [1.82, 2.24) is 9.47 Å². The number of aliphatic hydroxyl groups is 1. The smallest absolute Gasteiger partial charge is 0.281 e. The van der Waals surface area contributed by atoms with Crippen LogP contribution in [0, 0.1) is 0 Å². The van der Waals surface area contributed by atoms with E-state index in [2.05, 4.69) is 0 Å². The first kappa shape index (κ1) is 26.8. The maximum Gasteiger partial charge on any atom is 0.281 e. The van der Waals surface area contributed by atoms with Gasteiger partial charge in [-0.25, -0.2) is 0 Å². The van der Waals surface area contributed by atoms with E-state index in [1.54, 1.807) is 29.9 Å². The second-order valence-corrected chi connectivity index (χ2v) is 9.71. The highest BCUT2D eigenvalue weighted by Gasteiger charge is 2.58. The topological polar surface area (TPSA) is 73.2 Å². The van der Waals surface area contributed by atoms with E-state index < -0.39 is 23.7 Å². The third-order valence-electron chi connectivity index (χ3n) is 7.62. The van der Waals surface area contributed by atoms with Gasteiger partial charge in [0.2, 0.25) is 0 Å². The molecule has 3 aromatic carbocycles. The van der Waals surface area contributed by atoms with Gasteiger partial charge >= 0.3 is 0 Å². The fourth-order valence-electron chi connectivity index (χ4n) is 5.73. The molecule has 1 aliphatic heterocycles. The Balaban J connectivity index is 1.61. The molecule has 7 nitrogen and oxygen atoms in total. The van der Waals surface area contributed by atoms with Crippen LogP contribution >= 0.6 is 0 Å². The lowest BCUT2D eigenvalue weighted by Crippen LogP contribution is -2.58. The lowest BCUT2D eigenvalue weighted by Gasteiger charge is -2.41. The van der Waals surface area contributed by atoms with Crippen molar-refractivity contribution >= 4 is 5.91 Å². The molecule has 2 atom stereocenters. The fraction of sp³-hybridized carbons (Fsp3) is 0.281. The van der Waals surface area contributed by atoms with E-state index in [4.69, 9.17) is 14.2 Å². The Morgan fingerprint density at radius 2 is 1.33 bits per heavy atom. The van der Waals surface area contributed by atoms with Crippen molar-refractivity contribution < 1.29 is 24.1 Å². The summed E-state index contributed by atoms with van der Waals surface area (Å²) in [6.07, 6.45) is 0.939. The Morgan fingerprint density at radius 3 is 1.74 bits per heavy atom. The molecule has 1 aromatic heterocycles. The summed E-state index contributed by atoms with van der Waals surface area (Å²) in [5, 5.41) is 11.2. The van der Waals surface area contributed by atoms with Crippen molar-refractivity contribution in [2.45, 2.75) is 30.1 Å². The van der Waals surface area contributed by atoms with Gasteiger partial charge in [0.05, 0.1) is 12.6 Å². The number of rotatable bonds is 9. The molecule has 2 heterocycles. The van der Waals surface area contributed by atoms with Crippen molar-refractivity contribution in [3.63, 3.8) is 0 Å². The summed E-state index contributed by atoms with van der Waals surface area (Å²) in [6, 6.07) is 33.2. The average Bonchev–Trinajstić information content (AvgIpc) is 3.54. The second-order valence-electron chi connectivity index (χ2n) is 9.71. The normalized spacial score (nSPS) is 18.8. The minimum absolute atomic E-state index is 0.111. The number of carbonyl (C=O) groups is 1. The van der Waals surface area contributed by atoms with Crippen LogP contribution in [0.5, 0.6) is 0 Å². The Morgan fingerprint density at radius 1 is 0.846 bits per heavy atom. The summed E-state index contributed by atoms with van der Waals surface area (Å²) in [7, 11) is 4.67. The molecule has 7 heteroatoms. The van der Waals surface area contributed by atoms with E-state index in [1.807, 2.05) is 91.0 Å². The number of nitrogens with zero attached hydrogens (tertiary/aromatic N) is 2. The van der Waals surface area contributed by atoms with Crippen molar-refractivity contribution in [2.75, 3.05) is 20.8 Å². The summed E-state index contributed by atoms with van der Waals surface area (Å²) in [4.78, 5) is 15.4. The van der Waals surface area contributed by atoms with Crippen LogP contribution in [-0.2, 0) is 26.9 Å². The van der Waals surface area contributed by atoms with Gasteiger partial charge in [-0.05, 0) is 28.8 Å². The molecule has 1 amide bonds. The lowest BCUT2D eigenvalue weighted by molar-refractivity contribution is -0.303. The van der Waals surface area contributed by atoms with Crippen LogP contribution in [0.15, 0.2) is 109 Å². The highest BCUT2D eigenvalue weighted by molar-refractivity contribution is 5.93. The zero-order valence-electron chi connectivity index (χ0n) is 22.4. The number of amides is 1. The summed E-state index contributed by atoms with van der Waals surface area (Å²) in [5.74, 6) is -1.97. The van der Waals surface area contributed by atoms with Gasteiger partial charge in [0.25, 0.3) is 11.8 Å². The SMILES string of the molecule is COC1(OC)C(O)CC(COC(c2ccccc2)(c2ccccc2)c2ccccc2)N1C(=O)c1cccn1C. The van der Waals surface area contributed by atoms with Gasteiger partial charge in [-0.15, -0.1) is 0 Å². The van der Waals surface area contributed by atoms with E-state index in [9.17, 15) is 9.90 Å². The Kier molecular flexibility index (Phi) is 7.68. The van der Waals surface area contributed by atoms with Gasteiger partial charge in [0.1, 0.15) is 17.4 Å². The van der Waals surface area contributed by atoms with E-state index in [0.29, 0.717) is 5.69 Å². The molecule has 202 valence electrons. The van der Waals surface area contributed by atoms with Crippen molar-refractivity contribution in [2.24, 2.45) is 7.05 Å². The van der Waals surface area contributed by atoms with Crippen LogP contribution in [-0.4, -0.2) is 59.4 Å². The summed E-state index contributed by atoms with van der Waals surface area (Å²) >= 11 is 0. The molecule has 0 bridgehead atoms. The van der Waals surface area contributed by atoms with Crippen LogP contribution in [0.1, 0.15) is 33.6 Å². The van der Waals surface area contributed by atoms with Crippen LogP contribution in [0.4, 0.5) is 0 Å². The minimum atomic E-state index is -1.65. The van der Waals surface area contributed by atoms with Crippen LogP contribution in [0.25, 0.3) is 0 Å². The number of aromatic nitrogens is 1. The van der Waals surface area contributed by atoms with Gasteiger partial charge < -0.3 is 23.9 Å². The first-order chi connectivity index (χ1) is 19.0. The number of aryl methyl sites for hydroxylation is 1. The van der Waals surface area contributed by atoms with E-state index >= 15 is 0 Å². The number of ether oxygens (including phenoxy) is 3. The standard InChI is InChI=1S/C32H34N2O5/c1-33-21-13-20-28(33)30(36)34-27(22-29(35)32(34,37-2)38-3)23-39-31(24-14-7-4-8-15-24,25-16-9-5-10-17-25)26-18-11-6-12-19-26/h4-21,27,29,35H,22-23H2,1-3H3. The lowest BCUT2D eigenvalue weighted by atomic mass is 9.80.